The smallest absolute Gasteiger partial charge is 0.00260 e. The average molecular weight is 643 g/mol. The van der Waals surface area contributed by atoms with Crippen LogP contribution in [0.15, 0.2) is 146 Å². The van der Waals surface area contributed by atoms with Gasteiger partial charge in [0, 0.05) is 0 Å². The summed E-state index contributed by atoms with van der Waals surface area (Å²) in [5.41, 5.74) is 7.87. The fourth-order valence-electron chi connectivity index (χ4n) is 7.97. The molecule has 9 aromatic carbocycles. The summed E-state index contributed by atoms with van der Waals surface area (Å²) in [5, 5.41) is 15.4. The highest BCUT2D eigenvalue weighted by molar-refractivity contribution is 6.22. The van der Waals surface area contributed by atoms with E-state index in [1.165, 1.54) is 98.0 Å². The van der Waals surface area contributed by atoms with E-state index in [0.717, 1.165) is 0 Å². The fraction of sp³-hybridized carbons (Fsp3) is 0.160. The molecule has 9 aromatic rings. The molecule has 242 valence electrons. The van der Waals surface area contributed by atoms with E-state index >= 15 is 0 Å². The Hall–Kier alpha value is -5.46. The summed E-state index contributed by atoms with van der Waals surface area (Å²) in [5.74, 6) is 0. The van der Waals surface area contributed by atoms with Gasteiger partial charge in [0.1, 0.15) is 0 Å². The van der Waals surface area contributed by atoms with E-state index in [1.807, 2.05) is 0 Å². The molecule has 0 radical (unpaired) electrons. The van der Waals surface area contributed by atoms with Crippen molar-refractivity contribution in [1.82, 2.24) is 0 Å². The molecular weight excluding hydrogens is 601 g/mol. The number of hydrogen-bond acceptors (Lipinski definition) is 0. The lowest BCUT2D eigenvalue weighted by Crippen LogP contribution is -2.11. The third-order valence-corrected chi connectivity index (χ3v) is 10.8. The van der Waals surface area contributed by atoms with Crippen LogP contribution < -0.4 is 0 Å². The molecule has 0 heteroatoms. The molecule has 0 aliphatic rings. The molecule has 0 saturated carbocycles. The third kappa shape index (κ3) is 5.05. The van der Waals surface area contributed by atoms with Crippen LogP contribution in [0.3, 0.4) is 0 Å². The van der Waals surface area contributed by atoms with E-state index in [2.05, 4.69) is 187 Å². The topological polar surface area (TPSA) is 0 Å². The van der Waals surface area contributed by atoms with Gasteiger partial charge in [0.05, 0.1) is 0 Å². The molecule has 0 nitrogen and oxygen atoms in total. The van der Waals surface area contributed by atoms with Crippen LogP contribution in [0, 0.1) is 0 Å². The van der Waals surface area contributed by atoms with Crippen molar-refractivity contribution >= 4 is 64.6 Å². The molecular formula is C50H42. The van der Waals surface area contributed by atoms with Crippen molar-refractivity contribution < 1.29 is 0 Å². The van der Waals surface area contributed by atoms with Crippen LogP contribution in [-0.2, 0) is 10.8 Å². The molecule has 0 unspecified atom stereocenters. The van der Waals surface area contributed by atoms with Gasteiger partial charge in [-0.05, 0) is 157 Å². The van der Waals surface area contributed by atoms with Crippen molar-refractivity contribution in [2.45, 2.75) is 52.4 Å². The summed E-state index contributed by atoms with van der Waals surface area (Å²) in [6.07, 6.45) is 0. The highest BCUT2D eigenvalue weighted by Gasteiger charge is 2.23. The zero-order chi connectivity index (χ0) is 34.4. The lowest BCUT2D eigenvalue weighted by molar-refractivity contribution is 0.590. The predicted octanol–water partition coefficient (Wildman–Crippen LogP) is 14.5. The van der Waals surface area contributed by atoms with Crippen molar-refractivity contribution in [1.29, 1.82) is 0 Å². The summed E-state index contributed by atoms with van der Waals surface area (Å²) in [4.78, 5) is 0. The summed E-state index contributed by atoms with van der Waals surface area (Å²) in [6.45, 7) is 13.9. The van der Waals surface area contributed by atoms with Gasteiger partial charge in [-0.25, -0.2) is 0 Å². The van der Waals surface area contributed by atoms with Crippen LogP contribution >= 0.6 is 0 Å². The van der Waals surface area contributed by atoms with Crippen LogP contribution in [0.5, 0.6) is 0 Å². The summed E-state index contributed by atoms with van der Waals surface area (Å²) in [7, 11) is 0. The van der Waals surface area contributed by atoms with Gasteiger partial charge in [-0.2, -0.15) is 0 Å². The molecule has 0 N–H and O–H groups in total. The summed E-state index contributed by atoms with van der Waals surface area (Å²) < 4.78 is 0. The number of rotatable bonds is 2. The molecule has 9 rings (SSSR count). The van der Waals surface area contributed by atoms with Crippen LogP contribution in [0.2, 0.25) is 0 Å². The average Bonchev–Trinajstić information content (AvgIpc) is 3.10. The minimum absolute atomic E-state index is 0.0168. The van der Waals surface area contributed by atoms with Crippen LogP contribution in [0.4, 0.5) is 0 Å². The van der Waals surface area contributed by atoms with Crippen LogP contribution in [0.25, 0.3) is 86.9 Å². The standard InChI is InChI=1S/C50H42/c1-49(2,3)41-19-21-43-45(29-41)47(37-17-15-35-23-31-11-7-9-13-33(31)25-39(35)27-37)44-22-20-42(50(4,5)6)30-46(44)48(43)38-18-16-36-24-32-12-8-10-14-34(32)26-40(36)28-38/h7-30H,1-6H3. The molecule has 0 aromatic heterocycles. The highest BCUT2D eigenvalue weighted by atomic mass is 14.3. The van der Waals surface area contributed by atoms with Gasteiger partial charge in [-0.3, -0.25) is 0 Å². The van der Waals surface area contributed by atoms with E-state index in [-0.39, 0.29) is 10.8 Å². The van der Waals surface area contributed by atoms with Crippen LogP contribution in [-0.4, -0.2) is 0 Å². The van der Waals surface area contributed by atoms with E-state index in [1.54, 1.807) is 0 Å². The first-order valence-corrected chi connectivity index (χ1v) is 17.9. The van der Waals surface area contributed by atoms with E-state index in [9.17, 15) is 0 Å². The third-order valence-electron chi connectivity index (χ3n) is 10.8. The second kappa shape index (κ2) is 11.0. The zero-order valence-corrected chi connectivity index (χ0v) is 29.9. The molecule has 0 aliphatic carbocycles. The van der Waals surface area contributed by atoms with Gasteiger partial charge >= 0.3 is 0 Å². The Morgan fingerprint density at radius 3 is 0.980 bits per heavy atom. The van der Waals surface area contributed by atoms with Crippen molar-refractivity contribution in [2.75, 3.05) is 0 Å². The van der Waals surface area contributed by atoms with E-state index in [0.29, 0.717) is 0 Å². The SMILES string of the molecule is CC(C)(C)c1ccc2c(-c3ccc4cc5ccccc5cc4c3)c3cc(C(C)(C)C)ccc3c(-c3ccc4cc5ccccc5cc4c3)c2c1. The Morgan fingerprint density at radius 2 is 0.620 bits per heavy atom. The van der Waals surface area contributed by atoms with Gasteiger partial charge < -0.3 is 0 Å². The molecule has 0 fully saturated rings. The van der Waals surface area contributed by atoms with Gasteiger partial charge in [-0.15, -0.1) is 0 Å². The second-order valence-electron chi connectivity index (χ2n) is 16.3. The maximum absolute atomic E-state index is 2.48. The van der Waals surface area contributed by atoms with Gasteiger partial charge in [0.2, 0.25) is 0 Å². The van der Waals surface area contributed by atoms with Crippen LogP contribution in [0.1, 0.15) is 52.7 Å². The largest absolute Gasteiger partial charge is 0.0616 e. The lowest BCUT2D eigenvalue weighted by atomic mass is 9.79. The Labute approximate surface area is 295 Å². The molecule has 0 aliphatic heterocycles. The number of benzene rings is 9. The monoisotopic (exact) mass is 642 g/mol. The Morgan fingerprint density at radius 1 is 0.280 bits per heavy atom. The highest BCUT2D eigenvalue weighted by Crippen LogP contribution is 2.47. The first-order valence-electron chi connectivity index (χ1n) is 17.9. The van der Waals surface area contributed by atoms with Crippen molar-refractivity contribution in [3.8, 4) is 22.3 Å². The fourth-order valence-corrected chi connectivity index (χ4v) is 7.97. The molecule has 0 atom stereocenters. The first kappa shape index (κ1) is 30.6. The minimum Gasteiger partial charge on any atom is -0.0616 e. The Bertz CT molecular complexity index is 2620. The molecule has 50 heavy (non-hydrogen) atoms. The summed E-state index contributed by atoms with van der Waals surface area (Å²) >= 11 is 0. The lowest BCUT2D eigenvalue weighted by Gasteiger charge is -2.25. The van der Waals surface area contributed by atoms with Crippen molar-refractivity contribution in [3.63, 3.8) is 0 Å². The first-order chi connectivity index (χ1) is 24.0. The molecule has 0 amide bonds. The minimum atomic E-state index is 0.0168. The zero-order valence-electron chi connectivity index (χ0n) is 29.9. The predicted molar refractivity (Wildman–Crippen MR) is 220 cm³/mol. The van der Waals surface area contributed by atoms with Gasteiger partial charge in [-0.1, -0.05) is 139 Å². The molecule has 0 bridgehead atoms. The summed E-state index contributed by atoms with van der Waals surface area (Å²) in [6, 6.07) is 55.3. The van der Waals surface area contributed by atoms with Gasteiger partial charge in [0.15, 0.2) is 0 Å². The maximum Gasteiger partial charge on any atom is -0.00260 e. The number of hydrogen-bond donors (Lipinski definition) is 0. The number of fused-ring (bicyclic) bond motifs is 6. The molecule has 0 spiro atoms. The quantitative estimate of drug-likeness (QED) is 0.165. The Balaban J connectivity index is 1.41. The van der Waals surface area contributed by atoms with E-state index in [4.69, 9.17) is 0 Å². The molecule has 0 heterocycles. The van der Waals surface area contributed by atoms with Crippen molar-refractivity contribution in [3.05, 3.63) is 157 Å². The second-order valence-corrected chi connectivity index (χ2v) is 16.3. The van der Waals surface area contributed by atoms with Gasteiger partial charge in [0.25, 0.3) is 0 Å². The van der Waals surface area contributed by atoms with E-state index < -0.39 is 0 Å². The normalized spacial score (nSPS) is 12.6. The maximum atomic E-state index is 2.48. The van der Waals surface area contributed by atoms with Crippen molar-refractivity contribution in [2.24, 2.45) is 0 Å². The molecule has 0 saturated heterocycles. The Kier molecular flexibility index (Phi) is 6.74.